The van der Waals surface area contributed by atoms with E-state index in [1.165, 1.54) is 12.8 Å². The lowest BCUT2D eigenvalue weighted by atomic mass is 9.97. The molecule has 26 heavy (non-hydrogen) atoms. The summed E-state index contributed by atoms with van der Waals surface area (Å²) < 4.78 is 3.50. The standard InChI is InChI=1S/C19H22N6O/c26-19-6-3-16(15-1-2-15)21-25(19)13-14-7-10-23(11-8-14)18-5-4-17-20-9-12-24(17)22-18/h3-6,9,12,14-15H,1-2,7-8,10-11,13H2. The highest BCUT2D eigenvalue weighted by atomic mass is 16.1. The van der Waals surface area contributed by atoms with Gasteiger partial charge in [-0.3, -0.25) is 4.79 Å². The van der Waals surface area contributed by atoms with Gasteiger partial charge in [-0.25, -0.2) is 14.2 Å². The Morgan fingerprint density at radius 1 is 1.00 bits per heavy atom. The normalized spacial score (nSPS) is 18.5. The van der Waals surface area contributed by atoms with Crippen molar-refractivity contribution < 1.29 is 0 Å². The van der Waals surface area contributed by atoms with Gasteiger partial charge in [0, 0.05) is 44.0 Å². The van der Waals surface area contributed by atoms with Crippen LogP contribution in [-0.2, 0) is 6.54 Å². The van der Waals surface area contributed by atoms with Gasteiger partial charge < -0.3 is 4.90 Å². The fourth-order valence-electron chi connectivity index (χ4n) is 3.76. The molecule has 1 saturated carbocycles. The number of anilines is 1. The molecule has 0 aromatic carbocycles. The highest BCUT2D eigenvalue weighted by molar-refractivity contribution is 5.45. The number of piperidine rings is 1. The van der Waals surface area contributed by atoms with Gasteiger partial charge in [0.1, 0.15) is 5.82 Å². The molecule has 5 rings (SSSR count). The minimum atomic E-state index is 0.0176. The molecule has 0 spiro atoms. The van der Waals surface area contributed by atoms with Crippen LogP contribution < -0.4 is 10.5 Å². The molecule has 7 nitrogen and oxygen atoms in total. The summed E-state index contributed by atoms with van der Waals surface area (Å²) in [5.41, 5.74) is 1.97. The number of imidazole rings is 1. The van der Waals surface area contributed by atoms with Crippen molar-refractivity contribution in [1.82, 2.24) is 24.4 Å². The maximum atomic E-state index is 12.1. The Morgan fingerprint density at radius 3 is 2.65 bits per heavy atom. The quantitative estimate of drug-likeness (QED) is 0.721. The Kier molecular flexibility index (Phi) is 3.72. The third-order valence-electron chi connectivity index (χ3n) is 5.49. The molecule has 0 radical (unpaired) electrons. The minimum absolute atomic E-state index is 0.0176. The van der Waals surface area contributed by atoms with E-state index in [2.05, 4.69) is 20.1 Å². The topological polar surface area (TPSA) is 68.3 Å². The van der Waals surface area contributed by atoms with Crippen LogP contribution in [0.5, 0.6) is 0 Å². The van der Waals surface area contributed by atoms with E-state index >= 15 is 0 Å². The van der Waals surface area contributed by atoms with Crippen LogP contribution in [0.2, 0.25) is 0 Å². The summed E-state index contributed by atoms with van der Waals surface area (Å²) in [4.78, 5) is 18.7. The second-order valence-corrected chi connectivity index (χ2v) is 7.40. The van der Waals surface area contributed by atoms with Gasteiger partial charge >= 0.3 is 0 Å². The van der Waals surface area contributed by atoms with Crippen LogP contribution in [-0.4, -0.2) is 37.5 Å². The van der Waals surface area contributed by atoms with E-state index in [9.17, 15) is 4.79 Å². The maximum Gasteiger partial charge on any atom is 0.266 e. The number of nitrogens with zero attached hydrogens (tertiary/aromatic N) is 6. The van der Waals surface area contributed by atoms with Crippen molar-refractivity contribution in [3.05, 3.63) is 52.7 Å². The van der Waals surface area contributed by atoms with Crippen molar-refractivity contribution >= 4 is 11.5 Å². The van der Waals surface area contributed by atoms with Gasteiger partial charge in [0.05, 0.1) is 5.69 Å². The third-order valence-corrected chi connectivity index (χ3v) is 5.49. The van der Waals surface area contributed by atoms with E-state index in [0.29, 0.717) is 11.8 Å². The van der Waals surface area contributed by atoms with E-state index in [1.54, 1.807) is 16.9 Å². The molecule has 3 aromatic heterocycles. The van der Waals surface area contributed by atoms with Crippen molar-refractivity contribution in [3.8, 4) is 0 Å². The lowest BCUT2D eigenvalue weighted by Gasteiger charge is -2.32. The summed E-state index contributed by atoms with van der Waals surface area (Å²) in [6.45, 7) is 2.63. The Labute approximate surface area is 151 Å². The molecule has 3 aromatic rings. The average Bonchev–Trinajstić information content (AvgIpc) is 3.41. The van der Waals surface area contributed by atoms with Crippen molar-refractivity contribution in [1.29, 1.82) is 0 Å². The Hall–Kier alpha value is -2.70. The average molecular weight is 350 g/mol. The minimum Gasteiger partial charge on any atom is -0.355 e. The molecule has 7 heteroatoms. The summed E-state index contributed by atoms with van der Waals surface area (Å²) in [5, 5.41) is 9.23. The first-order valence-electron chi connectivity index (χ1n) is 9.40. The first-order chi connectivity index (χ1) is 12.8. The number of hydrogen-bond acceptors (Lipinski definition) is 5. The Bertz CT molecular complexity index is 981. The molecule has 0 amide bonds. The summed E-state index contributed by atoms with van der Waals surface area (Å²) in [5.74, 6) is 2.05. The van der Waals surface area contributed by atoms with Gasteiger partial charge in [0.25, 0.3) is 5.56 Å². The predicted molar refractivity (Wildman–Crippen MR) is 98.4 cm³/mol. The second kappa shape index (κ2) is 6.23. The molecule has 0 bridgehead atoms. The Balaban J connectivity index is 1.25. The summed E-state index contributed by atoms with van der Waals surface area (Å²) in [7, 11) is 0. The van der Waals surface area contributed by atoms with Crippen LogP contribution in [0.15, 0.2) is 41.5 Å². The molecule has 0 N–H and O–H groups in total. The van der Waals surface area contributed by atoms with Crippen LogP contribution in [0.1, 0.15) is 37.3 Å². The number of hydrogen-bond donors (Lipinski definition) is 0. The zero-order valence-corrected chi connectivity index (χ0v) is 14.7. The summed E-state index contributed by atoms with van der Waals surface area (Å²) in [6.07, 6.45) is 8.14. The maximum absolute atomic E-state index is 12.1. The number of fused-ring (bicyclic) bond motifs is 1. The monoisotopic (exact) mass is 350 g/mol. The van der Waals surface area contributed by atoms with E-state index < -0.39 is 0 Å². The van der Waals surface area contributed by atoms with Crippen LogP contribution >= 0.6 is 0 Å². The highest BCUT2D eigenvalue weighted by Gasteiger charge is 2.26. The van der Waals surface area contributed by atoms with Crippen LogP contribution in [0.4, 0.5) is 5.82 Å². The molecule has 134 valence electrons. The van der Waals surface area contributed by atoms with Crippen molar-refractivity contribution in [2.45, 2.75) is 38.1 Å². The molecule has 1 saturated heterocycles. The van der Waals surface area contributed by atoms with E-state index in [1.807, 2.05) is 28.9 Å². The smallest absolute Gasteiger partial charge is 0.266 e. The van der Waals surface area contributed by atoms with Gasteiger partial charge in [-0.15, -0.1) is 5.10 Å². The van der Waals surface area contributed by atoms with E-state index in [-0.39, 0.29) is 5.56 Å². The summed E-state index contributed by atoms with van der Waals surface area (Å²) in [6, 6.07) is 7.62. The van der Waals surface area contributed by atoms with Crippen LogP contribution in [0.25, 0.3) is 5.65 Å². The molecule has 2 aliphatic rings. The molecule has 2 fully saturated rings. The van der Waals surface area contributed by atoms with Crippen molar-refractivity contribution in [2.75, 3.05) is 18.0 Å². The first-order valence-corrected chi connectivity index (χ1v) is 9.40. The van der Waals surface area contributed by atoms with Crippen LogP contribution in [0.3, 0.4) is 0 Å². The molecular formula is C19H22N6O. The van der Waals surface area contributed by atoms with Gasteiger partial charge in [-0.05, 0) is 49.8 Å². The third kappa shape index (κ3) is 2.98. The van der Waals surface area contributed by atoms with E-state index in [4.69, 9.17) is 0 Å². The number of rotatable bonds is 4. The second-order valence-electron chi connectivity index (χ2n) is 7.40. The molecule has 1 aliphatic heterocycles. The molecular weight excluding hydrogens is 328 g/mol. The van der Waals surface area contributed by atoms with Gasteiger partial charge in [0.2, 0.25) is 0 Å². The van der Waals surface area contributed by atoms with Gasteiger partial charge in [0.15, 0.2) is 5.65 Å². The first kappa shape index (κ1) is 15.5. The molecule has 0 atom stereocenters. The number of aromatic nitrogens is 5. The zero-order chi connectivity index (χ0) is 17.5. The largest absolute Gasteiger partial charge is 0.355 e. The summed E-state index contributed by atoms with van der Waals surface area (Å²) >= 11 is 0. The predicted octanol–water partition coefficient (Wildman–Crippen LogP) is 2.08. The SMILES string of the molecule is O=c1ccc(C2CC2)nn1CC1CCN(c2ccc3nccn3n2)CC1. The molecule has 1 aliphatic carbocycles. The zero-order valence-electron chi connectivity index (χ0n) is 14.7. The van der Waals surface area contributed by atoms with E-state index in [0.717, 1.165) is 49.6 Å². The lowest BCUT2D eigenvalue weighted by molar-refractivity contribution is 0.332. The van der Waals surface area contributed by atoms with Gasteiger partial charge in [-0.1, -0.05) is 0 Å². The molecule has 4 heterocycles. The van der Waals surface area contributed by atoms with Crippen molar-refractivity contribution in [2.24, 2.45) is 5.92 Å². The lowest BCUT2D eigenvalue weighted by Crippen LogP contribution is -2.37. The fraction of sp³-hybridized carbons (Fsp3) is 0.474. The van der Waals surface area contributed by atoms with Crippen molar-refractivity contribution in [3.63, 3.8) is 0 Å². The highest BCUT2D eigenvalue weighted by Crippen LogP contribution is 2.38. The van der Waals surface area contributed by atoms with Gasteiger partial charge in [-0.2, -0.15) is 5.10 Å². The Morgan fingerprint density at radius 2 is 1.85 bits per heavy atom. The fourth-order valence-corrected chi connectivity index (χ4v) is 3.76. The van der Waals surface area contributed by atoms with Crippen LogP contribution in [0, 0.1) is 5.92 Å². The molecule has 0 unspecified atom stereocenters.